The molecule has 1 nitrogen and oxygen atoms in total. The van der Waals surface area contributed by atoms with E-state index in [1.807, 2.05) is 6.42 Å². The number of allylic oxidation sites excluding steroid dienone is 2. The van der Waals surface area contributed by atoms with Crippen molar-refractivity contribution in [1.82, 2.24) is 0 Å². The summed E-state index contributed by atoms with van der Waals surface area (Å²) in [6.07, 6.45) is 24.8. The second-order valence-corrected chi connectivity index (χ2v) is 6.44. The molecule has 0 N–H and O–H groups in total. The third-order valence-electron chi connectivity index (χ3n) is 4.11. The predicted octanol–water partition coefficient (Wildman–Crippen LogP) is 7.21. The van der Waals surface area contributed by atoms with Crippen LogP contribution in [0.15, 0.2) is 12.2 Å². The van der Waals surface area contributed by atoms with Crippen LogP contribution in [-0.2, 0) is 4.79 Å². The van der Waals surface area contributed by atoms with Crippen LogP contribution in [0.25, 0.3) is 0 Å². The van der Waals surface area contributed by atoms with Gasteiger partial charge in [0.05, 0.1) is 0 Å². The molecule has 129 valence electrons. The maximum atomic E-state index is 11.6. The Balaban J connectivity index is 3.16. The first-order chi connectivity index (χ1) is 10.8. The molecule has 0 bridgehead atoms. The average Bonchev–Trinajstić information content (AvgIpc) is 2.52. The molecule has 0 atom stereocenters. The third-order valence-corrected chi connectivity index (χ3v) is 4.11. The van der Waals surface area contributed by atoms with Crippen LogP contribution in [0.2, 0.25) is 0 Å². The third kappa shape index (κ3) is 17.5. The molecule has 0 aromatic carbocycles. The molecule has 0 rings (SSSR count). The number of rotatable bonds is 17. The van der Waals surface area contributed by atoms with E-state index in [0.29, 0.717) is 5.78 Å². The number of carbonyl (C=O) groups is 1. The van der Waals surface area contributed by atoms with Crippen LogP contribution >= 0.6 is 0 Å². The maximum absolute atomic E-state index is 11.6. The summed E-state index contributed by atoms with van der Waals surface area (Å²) < 4.78 is 0. The Hall–Kier alpha value is -0.590. The summed E-state index contributed by atoms with van der Waals surface area (Å²) in [6, 6.07) is 0. The zero-order valence-electron chi connectivity index (χ0n) is 15.2. The van der Waals surface area contributed by atoms with Crippen molar-refractivity contribution in [2.45, 2.75) is 110 Å². The molecule has 0 saturated carbocycles. The van der Waals surface area contributed by atoms with Crippen LogP contribution in [0, 0.1) is 6.42 Å². The van der Waals surface area contributed by atoms with Crippen molar-refractivity contribution in [2.75, 3.05) is 0 Å². The van der Waals surface area contributed by atoms with Gasteiger partial charge in [0.15, 0.2) is 0 Å². The Kier molecular flexibility index (Phi) is 18.0. The number of hydrogen-bond acceptors (Lipinski definition) is 1. The van der Waals surface area contributed by atoms with Gasteiger partial charge in [-0.2, -0.15) is 0 Å². The van der Waals surface area contributed by atoms with Crippen molar-refractivity contribution in [3.8, 4) is 0 Å². The van der Waals surface area contributed by atoms with E-state index >= 15 is 0 Å². The summed E-state index contributed by atoms with van der Waals surface area (Å²) in [5.41, 5.74) is 0. The fourth-order valence-corrected chi connectivity index (χ4v) is 2.59. The quantitative estimate of drug-likeness (QED) is 0.205. The summed E-state index contributed by atoms with van der Waals surface area (Å²) >= 11 is 0. The van der Waals surface area contributed by atoms with Crippen LogP contribution in [0.4, 0.5) is 0 Å². The normalized spacial score (nSPS) is 11.4. The highest BCUT2D eigenvalue weighted by Crippen LogP contribution is 2.10. The van der Waals surface area contributed by atoms with Gasteiger partial charge in [0.2, 0.25) is 0 Å². The number of unbranched alkanes of at least 4 members (excludes halogenated alkanes) is 11. The van der Waals surface area contributed by atoms with Crippen LogP contribution in [0.3, 0.4) is 0 Å². The van der Waals surface area contributed by atoms with Crippen molar-refractivity contribution in [2.24, 2.45) is 0 Å². The predicted molar refractivity (Wildman–Crippen MR) is 99.1 cm³/mol. The first kappa shape index (κ1) is 21.4. The van der Waals surface area contributed by atoms with Gasteiger partial charge in [-0.3, -0.25) is 4.79 Å². The fraction of sp³-hybridized carbons (Fsp3) is 0.810. The van der Waals surface area contributed by atoms with E-state index in [2.05, 4.69) is 26.0 Å². The fourth-order valence-electron chi connectivity index (χ4n) is 2.59. The molecule has 0 aromatic rings. The lowest BCUT2D eigenvalue weighted by molar-refractivity contribution is -0.116. The van der Waals surface area contributed by atoms with Crippen LogP contribution < -0.4 is 0 Å². The number of Topliss-reactive ketones (excluding diaryl/α,β-unsaturated/α-hetero) is 1. The van der Waals surface area contributed by atoms with Gasteiger partial charge in [-0.15, -0.1) is 0 Å². The van der Waals surface area contributed by atoms with Gasteiger partial charge >= 0.3 is 0 Å². The zero-order valence-corrected chi connectivity index (χ0v) is 15.2. The Bertz CT molecular complexity index is 255. The first-order valence-electron chi connectivity index (χ1n) is 9.82. The van der Waals surface area contributed by atoms with Gasteiger partial charge in [0, 0.05) is 12.8 Å². The van der Waals surface area contributed by atoms with Crippen molar-refractivity contribution in [3.63, 3.8) is 0 Å². The zero-order chi connectivity index (χ0) is 16.3. The highest BCUT2D eigenvalue weighted by molar-refractivity contribution is 5.86. The van der Waals surface area contributed by atoms with Gasteiger partial charge in [-0.25, -0.2) is 0 Å². The van der Waals surface area contributed by atoms with E-state index in [-0.39, 0.29) is 0 Å². The Morgan fingerprint density at radius 2 is 1.18 bits per heavy atom. The van der Waals surface area contributed by atoms with E-state index in [0.717, 1.165) is 25.7 Å². The monoisotopic (exact) mass is 307 g/mol. The highest BCUT2D eigenvalue weighted by Gasteiger charge is 2.01. The molecule has 1 heteroatoms. The molecule has 0 amide bonds. The summed E-state index contributed by atoms with van der Waals surface area (Å²) in [5, 5.41) is 0. The highest BCUT2D eigenvalue weighted by atomic mass is 16.1. The number of carbonyl (C=O) groups excluding carboxylic acids is 1. The van der Waals surface area contributed by atoms with Gasteiger partial charge in [-0.1, -0.05) is 77.4 Å². The second kappa shape index (κ2) is 18.5. The Morgan fingerprint density at radius 3 is 1.82 bits per heavy atom. The molecule has 0 saturated heterocycles. The van der Waals surface area contributed by atoms with Crippen LogP contribution in [-0.4, -0.2) is 5.78 Å². The molecule has 0 aliphatic carbocycles. The van der Waals surface area contributed by atoms with E-state index in [9.17, 15) is 4.79 Å². The molecule has 0 aromatic heterocycles. The summed E-state index contributed by atoms with van der Waals surface area (Å²) in [4.78, 5) is 11.6. The molecule has 1 radical (unpaired) electrons. The standard InChI is InChI=1S/C21H39O/c1-3-5-7-8-9-10-11-12-13-14-15-16-18-20-21(22)19-17-6-4-2/h10-11,19H,3-9,12-18,20H2,1-2H3/b11-10-. The maximum Gasteiger partial charge on any atom is 0.136 e. The summed E-state index contributed by atoms with van der Waals surface area (Å²) in [5.74, 6) is 0.361. The van der Waals surface area contributed by atoms with Crippen molar-refractivity contribution >= 4 is 5.78 Å². The first-order valence-corrected chi connectivity index (χ1v) is 9.82. The average molecular weight is 308 g/mol. The molecule has 22 heavy (non-hydrogen) atoms. The second-order valence-electron chi connectivity index (χ2n) is 6.44. The van der Waals surface area contributed by atoms with E-state index in [4.69, 9.17) is 0 Å². The molecule has 0 aliphatic heterocycles. The van der Waals surface area contributed by atoms with Gasteiger partial charge in [0.1, 0.15) is 5.78 Å². The molecule has 0 heterocycles. The molecule has 0 fully saturated rings. The Morgan fingerprint density at radius 1 is 0.636 bits per heavy atom. The van der Waals surface area contributed by atoms with Gasteiger partial charge in [-0.05, 0) is 38.5 Å². The molecular formula is C21H39O. The summed E-state index contributed by atoms with van der Waals surface area (Å²) in [7, 11) is 0. The molecule has 0 spiro atoms. The minimum absolute atomic E-state index is 0.361. The minimum Gasteiger partial charge on any atom is -0.299 e. The lowest BCUT2D eigenvalue weighted by Crippen LogP contribution is -1.98. The topological polar surface area (TPSA) is 17.1 Å². The van der Waals surface area contributed by atoms with Crippen LogP contribution in [0.1, 0.15) is 110 Å². The molecular weight excluding hydrogens is 268 g/mol. The van der Waals surface area contributed by atoms with E-state index < -0.39 is 0 Å². The Labute approximate surface area is 140 Å². The van der Waals surface area contributed by atoms with E-state index in [1.165, 1.54) is 70.6 Å². The van der Waals surface area contributed by atoms with Crippen molar-refractivity contribution in [3.05, 3.63) is 18.6 Å². The van der Waals surface area contributed by atoms with Gasteiger partial charge < -0.3 is 0 Å². The smallest absolute Gasteiger partial charge is 0.136 e. The largest absolute Gasteiger partial charge is 0.299 e. The van der Waals surface area contributed by atoms with Crippen molar-refractivity contribution in [1.29, 1.82) is 0 Å². The SMILES string of the molecule is CCCC[CH]C(=O)CCCCCCC/C=C\CCCCCC. The van der Waals surface area contributed by atoms with Gasteiger partial charge in [0.25, 0.3) is 0 Å². The number of ketones is 1. The van der Waals surface area contributed by atoms with Crippen molar-refractivity contribution < 1.29 is 4.79 Å². The minimum atomic E-state index is 0.361. The van der Waals surface area contributed by atoms with E-state index in [1.54, 1.807) is 0 Å². The molecule has 0 unspecified atom stereocenters. The van der Waals surface area contributed by atoms with Crippen LogP contribution in [0.5, 0.6) is 0 Å². The lowest BCUT2D eigenvalue weighted by Gasteiger charge is -2.01. The number of hydrogen-bond donors (Lipinski definition) is 0. The lowest BCUT2D eigenvalue weighted by atomic mass is 10.0. The molecule has 0 aliphatic rings. The summed E-state index contributed by atoms with van der Waals surface area (Å²) in [6.45, 7) is 4.43.